The summed E-state index contributed by atoms with van der Waals surface area (Å²) in [6.07, 6.45) is 5.92. The summed E-state index contributed by atoms with van der Waals surface area (Å²) in [4.78, 5) is 4.26. The molecule has 5 heteroatoms. The van der Waals surface area contributed by atoms with Crippen LogP contribution in [0, 0.1) is 5.92 Å². The fraction of sp³-hybridized carbons (Fsp3) is 0.650. The highest BCUT2D eigenvalue weighted by molar-refractivity contribution is 5.79. The molecule has 0 heterocycles. The average Bonchev–Trinajstić information content (AvgIpc) is 3.45. The Morgan fingerprint density at radius 2 is 2.08 bits per heavy atom. The molecule has 0 saturated heterocycles. The first kappa shape index (κ1) is 19.6. The van der Waals surface area contributed by atoms with Crippen LogP contribution in [0.25, 0.3) is 0 Å². The van der Waals surface area contributed by atoms with Crippen molar-refractivity contribution in [2.75, 3.05) is 33.4 Å². The van der Waals surface area contributed by atoms with Crippen molar-refractivity contribution >= 4 is 5.96 Å². The van der Waals surface area contributed by atoms with Gasteiger partial charge in [0.1, 0.15) is 5.75 Å². The maximum atomic E-state index is 5.76. The Morgan fingerprint density at radius 1 is 1.20 bits per heavy atom. The number of nitrogens with one attached hydrogen (secondary N) is 2. The summed E-state index contributed by atoms with van der Waals surface area (Å²) < 4.78 is 11.4. The fourth-order valence-corrected chi connectivity index (χ4v) is 2.40. The van der Waals surface area contributed by atoms with Gasteiger partial charge in [0.05, 0.1) is 6.61 Å². The van der Waals surface area contributed by atoms with E-state index in [4.69, 9.17) is 9.47 Å². The van der Waals surface area contributed by atoms with Gasteiger partial charge in [-0.3, -0.25) is 4.99 Å². The summed E-state index contributed by atoms with van der Waals surface area (Å²) in [7, 11) is 1.79. The van der Waals surface area contributed by atoms with E-state index in [-0.39, 0.29) is 0 Å². The van der Waals surface area contributed by atoms with Gasteiger partial charge in [0.15, 0.2) is 5.96 Å². The van der Waals surface area contributed by atoms with E-state index in [2.05, 4.69) is 34.7 Å². The van der Waals surface area contributed by atoms with Gasteiger partial charge in [0, 0.05) is 33.4 Å². The first-order valence-electron chi connectivity index (χ1n) is 9.55. The second-order valence-corrected chi connectivity index (χ2v) is 6.57. The minimum Gasteiger partial charge on any atom is -0.494 e. The highest BCUT2D eigenvalue weighted by atomic mass is 16.5. The predicted molar refractivity (Wildman–Crippen MR) is 103 cm³/mol. The largest absolute Gasteiger partial charge is 0.494 e. The summed E-state index contributed by atoms with van der Waals surface area (Å²) in [5.74, 6) is 2.59. The summed E-state index contributed by atoms with van der Waals surface area (Å²) in [5.41, 5.74) is 1.18. The van der Waals surface area contributed by atoms with Crippen molar-refractivity contribution in [2.24, 2.45) is 10.9 Å². The molecule has 140 valence electrons. The molecular weight excluding hydrogens is 314 g/mol. The van der Waals surface area contributed by atoms with Crippen LogP contribution in [0.5, 0.6) is 5.75 Å². The van der Waals surface area contributed by atoms with E-state index in [0.29, 0.717) is 0 Å². The van der Waals surface area contributed by atoms with Gasteiger partial charge in [0.2, 0.25) is 0 Å². The highest BCUT2D eigenvalue weighted by Gasteiger charge is 2.20. The lowest BCUT2D eigenvalue weighted by atomic mass is 10.2. The Balaban J connectivity index is 1.61. The van der Waals surface area contributed by atoms with Crippen LogP contribution < -0.4 is 15.4 Å². The number of rotatable bonds is 12. The van der Waals surface area contributed by atoms with Crippen molar-refractivity contribution in [2.45, 2.75) is 45.6 Å². The summed E-state index contributed by atoms with van der Waals surface area (Å²) in [5, 5.41) is 6.67. The van der Waals surface area contributed by atoms with Crippen LogP contribution >= 0.6 is 0 Å². The molecule has 1 aromatic carbocycles. The van der Waals surface area contributed by atoms with Gasteiger partial charge in [-0.1, -0.05) is 25.5 Å². The molecule has 1 fully saturated rings. The second-order valence-electron chi connectivity index (χ2n) is 6.57. The molecule has 0 spiro atoms. The van der Waals surface area contributed by atoms with E-state index in [1.54, 1.807) is 7.05 Å². The minimum atomic E-state index is 0.725. The molecule has 0 atom stereocenters. The summed E-state index contributed by atoms with van der Waals surface area (Å²) >= 11 is 0. The zero-order valence-electron chi connectivity index (χ0n) is 15.7. The molecule has 1 saturated carbocycles. The van der Waals surface area contributed by atoms with Crippen molar-refractivity contribution in [1.29, 1.82) is 0 Å². The number of nitrogens with zero attached hydrogens (tertiary/aromatic N) is 1. The van der Waals surface area contributed by atoms with Gasteiger partial charge >= 0.3 is 0 Å². The molecule has 5 nitrogen and oxygen atoms in total. The maximum absolute atomic E-state index is 5.76. The molecular formula is C20H33N3O2. The van der Waals surface area contributed by atoms with Gasteiger partial charge in [0.25, 0.3) is 0 Å². The Bertz CT molecular complexity index is 515. The third-order valence-electron chi connectivity index (χ3n) is 4.16. The highest BCUT2D eigenvalue weighted by Crippen LogP contribution is 2.28. The second kappa shape index (κ2) is 11.7. The molecule has 2 rings (SSSR count). The van der Waals surface area contributed by atoms with E-state index in [1.165, 1.54) is 18.4 Å². The quantitative estimate of drug-likeness (QED) is 0.346. The van der Waals surface area contributed by atoms with Crippen molar-refractivity contribution < 1.29 is 9.47 Å². The number of guanidine groups is 1. The van der Waals surface area contributed by atoms with E-state index in [1.807, 2.05) is 12.1 Å². The topological polar surface area (TPSA) is 54.9 Å². The van der Waals surface area contributed by atoms with Gasteiger partial charge in [-0.15, -0.1) is 0 Å². The van der Waals surface area contributed by atoms with Crippen LogP contribution in [0.15, 0.2) is 29.3 Å². The first-order chi connectivity index (χ1) is 12.3. The van der Waals surface area contributed by atoms with Crippen molar-refractivity contribution in [3.05, 3.63) is 29.8 Å². The van der Waals surface area contributed by atoms with E-state index in [9.17, 15) is 0 Å². The molecule has 1 aliphatic carbocycles. The fourth-order valence-electron chi connectivity index (χ4n) is 2.40. The van der Waals surface area contributed by atoms with Crippen LogP contribution in [-0.4, -0.2) is 39.4 Å². The SMILES string of the molecule is CCCCOc1cccc(CNC(=NC)NCCCOCC2CC2)c1. The molecule has 0 unspecified atom stereocenters. The van der Waals surface area contributed by atoms with Gasteiger partial charge < -0.3 is 20.1 Å². The van der Waals surface area contributed by atoms with E-state index >= 15 is 0 Å². The van der Waals surface area contributed by atoms with E-state index in [0.717, 1.165) is 69.8 Å². The molecule has 0 aliphatic heterocycles. The molecule has 1 aromatic rings. The third kappa shape index (κ3) is 8.77. The van der Waals surface area contributed by atoms with Gasteiger partial charge in [-0.25, -0.2) is 0 Å². The van der Waals surface area contributed by atoms with Crippen LogP contribution in [-0.2, 0) is 11.3 Å². The lowest BCUT2D eigenvalue weighted by Crippen LogP contribution is -2.37. The zero-order valence-corrected chi connectivity index (χ0v) is 15.7. The van der Waals surface area contributed by atoms with Crippen LogP contribution in [0.1, 0.15) is 44.6 Å². The van der Waals surface area contributed by atoms with Crippen molar-refractivity contribution in [1.82, 2.24) is 10.6 Å². The smallest absolute Gasteiger partial charge is 0.191 e. The number of ether oxygens (including phenoxy) is 2. The molecule has 0 amide bonds. The van der Waals surface area contributed by atoms with Crippen LogP contribution in [0.4, 0.5) is 0 Å². The number of aliphatic imine (C=N–C) groups is 1. The predicted octanol–water partition coefficient (Wildman–Crippen LogP) is 3.35. The number of benzene rings is 1. The van der Waals surface area contributed by atoms with Crippen LogP contribution in [0.3, 0.4) is 0 Å². The number of unbranched alkanes of at least 4 members (excludes halogenated alkanes) is 1. The standard InChI is InChI=1S/C20H33N3O2/c1-3-4-13-25-19-8-5-7-18(14-19)15-23-20(21-2)22-11-6-12-24-16-17-9-10-17/h5,7-8,14,17H,3-4,6,9-13,15-16H2,1-2H3,(H2,21,22,23). The van der Waals surface area contributed by atoms with Gasteiger partial charge in [-0.2, -0.15) is 0 Å². The molecule has 0 bridgehead atoms. The average molecular weight is 348 g/mol. The summed E-state index contributed by atoms with van der Waals surface area (Å²) in [6.45, 7) is 6.29. The Morgan fingerprint density at radius 3 is 2.84 bits per heavy atom. The molecule has 25 heavy (non-hydrogen) atoms. The Hall–Kier alpha value is -1.75. The molecule has 0 radical (unpaired) electrons. The monoisotopic (exact) mass is 347 g/mol. The molecule has 0 aromatic heterocycles. The van der Waals surface area contributed by atoms with Gasteiger partial charge in [-0.05, 0) is 49.3 Å². The number of hydrogen-bond donors (Lipinski definition) is 2. The zero-order chi connectivity index (χ0) is 17.7. The first-order valence-corrected chi connectivity index (χ1v) is 9.55. The summed E-state index contributed by atoms with van der Waals surface area (Å²) in [6, 6.07) is 8.22. The number of hydrogen-bond acceptors (Lipinski definition) is 3. The maximum Gasteiger partial charge on any atom is 0.191 e. The normalized spacial score (nSPS) is 14.4. The Labute approximate surface area is 152 Å². The van der Waals surface area contributed by atoms with Crippen molar-refractivity contribution in [3.8, 4) is 5.75 Å². The molecule has 2 N–H and O–H groups in total. The Kier molecular flexibility index (Phi) is 9.19. The van der Waals surface area contributed by atoms with E-state index < -0.39 is 0 Å². The van der Waals surface area contributed by atoms with Crippen molar-refractivity contribution in [3.63, 3.8) is 0 Å². The lowest BCUT2D eigenvalue weighted by molar-refractivity contribution is 0.123. The minimum absolute atomic E-state index is 0.725. The van der Waals surface area contributed by atoms with Crippen LogP contribution in [0.2, 0.25) is 0 Å². The third-order valence-corrected chi connectivity index (χ3v) is 4.16. The molecule has 1 aliphatic rings. The lowest BCUT2D eigenvalue weighted by Gasteiger charge is -2.13.